The lowest BCUT2D eigenvalue weighted by atomic mass is 10.1. The summed E-state index contributed by atoms with van der Waals surface area (Å²) in [6.07, 6.45) is 2.36. The number of hydrogen-bond donors (Lipinski definition) is 0. The van der Waals surface area contributed by atoms with Gasteiger partial charge in [-0.25, -0.2) is 0 Å². The van der Waals surface area contributed by atoms with Crippen LogP contribution in [0.3, 0.4) is 0 Å². The van der Waals surface area contributed by atoms with Crippen LogP contribution in [0.5, 0.6) is 11.5 Å². The van der Waals surface area contributed by atoms with Crippen LogP contribution >= 0.6 is 23.4 Å². The molecule has 0 aromatic heterocycles. The first-order valence-corrected chi connectivity index (χ1v) is 8.30. The van der Waals surface area contributed by atoms with Crippen molar-refractivity contribution in [2.45, 2.75) is 26.3 Å². The van der Waals surface area contributed by atoms with Crippen LogP contribution in [0.2, 0.25) is 5.02 Å². The van der Waals surface area contributed by atoms with Gasteiger partial charge in [-0.05, 0) is 48.9 Å². The van der Waals surface area contributed by atoms with Crippen LogP contribution in [-0.2, 0) is 4.79 Å². The van der Waals surface area contributed by atoms with E-state index in [4.69, 9.17) is 21.1 Å². The summed E-state index contributed by atoms with van der Waals surface area (Å²) in [7, 11) is 3.01. The number of benzene rings is 1. The zero-order valence-corrected chi connectivity index (χ0v) is 15.0. The van der Waals surface area contributed by atoms with Crippen LogP contribution in [0, 0.1) is 0 Å². The van der Waals surface area contributed by atoms with Gasteiger partial charge in [-0.15, -0.1) is 0 Å². The molecule has 1 aromatic carbocycles. The van der Waals surface area contributed by atoms with Crippen molar-refractivity contribution in [1.82, 2.24) is 4.90 Å². The number of methoxy groups -OCH3 is 2. The molecular weight excluding hydrogens is 338 g/mol. The van der Waals surface area contributed by atoms with Crippen LogP contribution in [0.15, 0.2) is 17.0 Å². The molecule has 1 aliphatic rings. The molecule has 2 amide bonds. The number of thioether (sulfide) groups is 1. The van der Waals surface area contributed by atoms with E-state index in [2.05, 4.69) is 0 Å². The Labute approximate surface area is 144 Å². The maximum absolute atomic E-state index is 12.4. The lowest BCUT2D eigenvalue weighted by molar-refractivity contribution is -0.124. The van der Waals surface area contributed by atoms with E-state index >= 15 is 0 Å². The van der Waals surface area contributed by atoms with Crippen LogP contribution in [0.4, 0.5) is 4.79 Å². The Balaban J connectivity index is 2.38. The van der Waals surface area contributed by atoms with Crippen molar-refractivity contribution in [3.05, 3.63) is 27.6 Å². The van der Waals surface area contributed by atoms with E-state index < -0.39 is 0 Å². The summed E-state index contributed by atoms with van der Waals surface area (Å²) >= 11 is 7.10. The average molecular weight is 356 g/mol. The molecule has 0 aliphatic carbocycles. The number of carbonyl (C=O) groups excluding carboxylic acids is 2. The van der Waals surface area contributed by atoms with E-state index in [1.807, 2.05) is 13.8 Å². The molecule has 1 aromatic rings. The molecule has 124 valence electrons. The molecule has 7 heteroatoms. The second-order valence-corrected chi connectivity index (χ2v) is 6.45. The molecule has 0 radical (unpaired) electrons. The first-order valence-electron chi connectivity index (χ1n) is 7.11. The second-order valence-electron chi connectivity index (χ2n) is 5.05. The van der Waals surface area contributed by atoms with Crippen molar-refractivity contribution >= 4 is 40.6 Å². The number of carbonyl (C=O) groups is 2. The smallest absolute Gasteiger partial charge is 0.293 e. The first-order chi connectivity index (χ1) is 10.9. The Bertz CT molecular complexity index is 674. The van der Waals surface area contributed by atoms with Crippen LogP contribution < -0.4 is 9.47 Å². The third-order valence-electron chi connectivity index (χ3n) is 3.61. The van der Waals surface area contributed by atoms with E-state index in [9.17, 15) is 9.59 Å². The average Bonchev–Trinajstić information content (AvgIpc) is 2.80. The number of hydrogen-bond acceptors (Lipinski definition) is 5. The molecule has 1 saturated heterocycles. The van der Waals surface area contributed by atoms with Gasteiger partial charge in [-0.3, -0.25) is 14.5 Å². The number of amides is 2. The summed E-state index contributed by atoms with van der Waals surface area (Å²) in [5.74, 6) is 0.617. The molecule has 1 aliphatic heterocycles. The quantitative estimate of drug-likeness (QED) is 0.741. The highest BCUT2D eigenvalue weighted by atomic mass is 35.5. The van der Waals surface area contributed by atoms with Crippen LogP contribution in [0.1, 0.15) is 25.8 Å². The van der Waals surface area contributed by atoms with Gasteiger partial charge in [0.15, 0.2) is 11.5 Å². The molecule has 1 fully saturated rings. The van der Waals surface area contributed by atoms with Gasteiger partial charge >= 0.3 is 0 Å². The van der Waals surface area contributed by atoms with Gasteiger partial charge in [0.25, 0.3) is 11.1 Å². The monoisotopic (exact) mass is 355 g/mol. The largest absolute Gasteiger partial charge is 0.493 e. The standard InChI is InChI=1S/C16H18ClNO4S/c1-5-9(2)18-15(19)13(23-16(18)20)8-10-6-11(17)14(22-4)12(7-10)21-3/h6-9H,5H2,1-4H3/b13-8+. The van der Waals surface area contributed by atoms with Crippen molar-refractivity contribution in [1.29, 1.82) is 0 Å². The maximum atomic E-state index is 12.4. The highest BCUT2D eigenvalue weighted by molar-refractivity contribution is 8.18. The van der Waals surface area contributed by atoms with Crippen molar-refractivity contribution in [3.8, 4) is 11.5 Å². The zero-order chi connectivity index (χ0) is 17.1. The Hall–Kier alpha value is -1.66. The summed E-state index contributed by atoms with van der Waals surface area (Å²) in [5.41, 5.74) is 0.669. The molecule has 2 rings (SSSR count). The van der Waals surface area contributed by atoms with Gasteiger partial charge in [-0.1, -0.05) is 18.5 Å². The Morgan fingerprint density at radius 1 is 1.30 bits per heavy atom. The second kappa shape index (κ2) is 7.27. The van der Waals surface area contributed by atoms with Crippen LogP contribution in [0.25, 0.3) is 6.08 Å². The normalized spacial score (nSPS) is 17.8. The van der Waals surface area contributed by atoms with Gasteiger partial charge in [0.1, 0.15) is 0 Å². The SMILES string of the molecule is CCC(C)N1C(=O)S/C(=C/c2cc(Cl)c(OC)c(OC)c2)C1=O. The molecule has 5 nitrogen and oxygen atoms in total. The zero-order valence-electron chi connectivity index (χ0n) is 13.4. The molecule has 23 heavy (non-hydrogen) atoms. The minimum Gasteiger partial charge on any atom is -0.493 e. The molecule has 1 atom stereocenters. The van der Waals surface area contributed by atoms with Crippen molar-refractivity contribution < 1.29 is 19.1 Å². The lowest BCUT2D eigenvalue weighted by Gasteiger charge is -2.19. The van der Waals surface area contributed by atoms with E-state index in [-0.39, 0.29) is 17.2 Å². The maximum Gasteiger partial charge on any atom is 0.293 e. The minimum absolute atomic E-state index is 0.123. The fraction of sp³-hybridized carbons (Fsp3) is 0.375. The summed E-state index contributed by atoms with van der Waals surface area (Å²) in [6.45, 7) is 3.79. The molecule has 0 bridgehead atoms. The van der Waals surface area contributed by atoms with Crippen molar-refractivity contribution in [2.24, 2.45) is 0 Å². The Kier molecular flexibility index (Phi) is 5.59. The summed E-state index contributed by atoms with van der Waals surface area (Å²) in [6, 6.07) is 3.25. The van der Waals surface area contributed by atoms with E-state index in [1.54, 1.807) is 18.2 Å². The van der Waals surface area contributed by atoms with Crippen molar-refractivity contribution in [2.75, 3.05) is 14.2 Å². The van der Waals surface area contributed by atoms with Gasteiger partial charge < -0.3 is 9.47 Å². The number of halogens is 1. The summed E-state index contributed by atoms with van der Waals surface area (Å²) in [4.78, 5) is 26.1. The predicted molar refractivity (Wildman–Crippen MR) is 92.1 cm³/mol. The third-order valence-corrected chi connectivity index (χ3v) is 4.77. The number of ether oxygens (including phenoxy) is 2. The van der Waals surface area contributed by atoms with Crippen LogP contribution in [-0.4, -0.2) is 36.3 Å². The van der Waals surface area contributed by atoms with E-state index in [0.717, 1.165) is 11.8 Å². The first kappa shape index (κ1) is 17.7. The molecular formula is C16H18ClNO4S. The van der Waals surface area contributed by atoms with Gasteiger partial charge in [0.2, 0.25) is 0 Å². The fourth-order valence-electron chi connectivity index (χ4n) is 2.21. The van der Waals surface area contributed by atoms with E-state index in [1.165, 1.54) is 19.1 Å². The fourth-order valence-corrected chi connectivity index (χ4v) is 3.44. The Morgan fingerprint density at radius 2 is 2.00 bits per heavy atom. The third kappa shape index (κ3) is 3.48. The summed E-state index contributed by atoms with van der Waals surface area (Å²) in [5, 5.41) is 0.126. The molecule has 0 N–H and O–H groups in total. The number of nitrogens with zero attached hydrogens (tertiary/aromatic N) is 1. The summed E-state index contributed by atoms with van der Waals surface area (Å²) < 4.78 is 10.4. The lowest BCUT2D eigenvalue weighted by Crippen LogP contribution is -2.36. The number of rotatable bonds is 5. The molecule has 1 unspecified atom stereocenters. The highest BCUT2D eigenvalue weighted by Crippen LogP contribution is 2.39. The van der Waals surface area contributed by atoms with Gasteiger partial charge in [0, 0.05) is 6.04 Å². The van der Waals surface area contributed by atoms with Gasteiger partial charge in [0.05, 0.1) is 24.1 Å². The van der Waals surface area contributed by atoms with Crippen molar-refractivity contribution in [3.63, 3.8) is 0 Å². The highest BCUT2D eigenvalue weighted by Gasteiger charge is 2.37. The Morgan fingerprint density at radius 3 is 2.57 bits per heavy atom. The van der Waals surface area contributed by atoms with Gasteiger partial charge in [-0.2, -0.15) is 0 Å². The minimum atomic E-state index is -0.278. The molecule has 1 heterocycles. The molecule has 0 saturated carbocycles. The number of imide groups is 1. The molecule has 0 spiro atoms. The van der Waals surface area contributed by atoms with E-state index in [0.29, 0.717) is 33.4 Å². The topological polar surface area (TPSA) is 55.8 Å². The predicted octanol–water partition coefficient (Wildman–Crippen LogP) is 4.19.